The Morgan fingerprint density at radius 1 is 1.53 bits per heavy atom. The third-order valence-electron chi connectivity index (χ3n) is 2.80. The zero-order valence-corrected chi connectivity index (χ0v) is 10.4. The van der Waals surface area contributed by atoms with Crippen LogP contribution in [0.4, 0.5) is 0 Å². The van der Waals surface area contributed by atoms with Crippen LogP contribution < -0.4 is 5.32 Å². The highest BCUT2D eigenvalue weighted by Gasteiger charge is 2.13. The van der Waals surface area contributed by atoms with Gasteiger partial charge in [0.2, 0.25) is 0 Å². The molecule has 17 heavy (non-hydrogen) atoms. The van der Waals surface area contributed by atoms with Gasteiger partial charge in [-0.25, -0.2) is 0 Å². The largest absolute Gasteiger partial charge is 0.376 e. The predicted octanol–water partition coefficient (Wildman–Crippen LogP) is 0.798. The normalized spacial score (nSPS) is 20.6. The highest BCUT2D eigenvalue weighted by atomic mass is 16.6. The summed E-state index contributed by atoms with van der Waals surface area (Å²) in [5.74, 6) is 0. The maximum atomic E-state index is 5.57. The Morgan fingerprint density at radius 3 is 3.24 bits per heavy atom. The average molecular weight is 239 g/mol. The van der Waals surface area contributed by atoms with E-state index in [0.29, 0.717) is 13.2 Å². The smallest absolute Gasteiger partial charge is 0.0933 e. The highest BCUT2D eigenvalue weighted by molar-refractivity contribution is 5.00. The molecule has 0 radical (unpaired) electrons. The SMILES string of the molecule is CCCn1nccc1CNCC1COCCO1. The summed E-state index contributed by atoms with van der Waals surface area (Å²) in [7, 11) is 0. The zero-order valence-electron chi connectivity index (χ0n) is 10.4. The summed E-state index contributed by atoms with van der Waals surface area (Å²) < 4.78 is 13.0. The monoisotopic (exact) mass is 239 g/mol. The van der Waals surface area contributed by atoms with Crippen LogP contribution >= 0.6 is 0 Å². The molecule has 1 aromatic heterocycles. The molecule has 1 aliphatic heterocycles. The van der Waals surface area contributed by atoms with Crippen LogP contribution in [-0.4, -0.2) is 42.2 Å². The predicted molar refractivity (Wildman–Crippen MR) is 64.8 cm³/mol. The Morgan fingerprint density at radius 2 is 2.47 bits per heavy atom. The van der Waals surface area contributed by atoms with Crippen LogP contribution in [0.5, 0.6) is 0 Å². The number of ether oxygens (including phenoxy) is 2. The van der Waals surface area contributed by atoms with Crippen molar-refractivity contribution in [1.29, 1.82) is 0 Å². The molecule has 1 aliphatic rings. The molecule has 1 unspecified atom stereocenters. The van der Waals surface area contributed by atoms with E-state index in [9.17, 15) is 0 Å². The second-order valence-electron chi connectivity index (χ2n) is 4.24. The molecule has 96 valence electrons. The van der Waals surface area contributed by atoms with Crippen molar-refractivity contribution in [3.05, 3.63) is 18.0 Å². The molecule has 5 nitrogen and oxygen atoms in total. The first-order valence-electron chi connectivity index (χ1n) is 6.31. The summed E-state index contributed by atoms with van der Waals surface area (Å²) in [4.78, 5) is 0. The van der Waals surface area contributed by atoms with Gasteiger partial charge in [0.15, 0.2) is 0 Å². The fraction of sp³-hybridized carbons (Fsp3) is 0.750. The Kier molecular flexibility index (Phi) is 4.97. The number of aryl methyl sites for hydroxylation is 1. The zero-order chi connectivity index (χ0) is 11.9. The third-order valence-corrected chi connectivity index (χ3v) is 2.80. The summed E-state index contributed by atoms with van der Waals surface area (Å²) in [6, 6.07) is 2.06. The van der Waals surface area contributed by atoms with Gasteiger partial charge in [0, 0.05) is 25.8 Å². The molecule has 0 aliphatic carbocycles. The summed E-state index contributed by atoms with van der Waals surface area (Å²) in [6.07, 6.45) is 3.15. The van der Waals surface area contributed by atoms with E-state index in [-0.39, 0.29) is 6.10 Å². The molecule has 1 atom stereocenters. The molecule has 1 fully saturated rings. The number of aromatic nitrogens is 2. The van der Waals surface area contributed by atoms with Crippen LogP contribution in [0.15, 0.2) is 12.3 Å². The molecule has 2 heterocycles. The van der Waals surface area contributed by atoms with Gasteiger partial charge in [-0.3, -0.25) is 4.68 Å². The van der Waals surface area contributed by atoms with E-state index in [1.165, 1.54) is 5.69 Å². The van der Waals surface area contributed by atoms with Gasteiger partial charge < -0.3 is 14.8 Å². The van der Waals surface area contributed by atoms with Gasteiger partial charge in [0.1, 0.15) is 0 Å². The lowest BCUT2D eigenvalue weighted by molar-refractivity contribution is -0.0864. The van der Waals surface area contributed by atoms with Crippen LogP contribution in [0.25, 0.3) is 0 Å². The van der Waals surface area contributed by atoms with E-state index >= 15 is 0 Å². The maximum Gasteiger partial charge on any atom is 0.0933 e. The van der Waals surface area contributed by atoms with Gasteiger partial charge in [0.05, 0.1) is 31.6 Å². The summed E-state index contributed by atoms with van der Waals surface area (Å²) in [5.41, 5.74) is 1.23. The Balaban J connectivity index is 1.71. The van der Waals surface area contributed by atoms with E-state index in [1.807, 2.05) is 10.9 Å². The van der Waals surface area contributed by atoms with Crippen molar-refractivity contribution in [1.82, 2.24) is 15.1 Å². The maximum absolute atomic E-state index is 5.57. The van der Waals surface area contributed by atoms with Gasteiger partial charge in [-0.1, -0.05) is 6.92 Å². The number of hydrogen-bond acceptors (Lipinski definition) is 4. The number of nitrogens with one attached hydrogen (secondary N) is 1. The minimum absolute atomic E-state index is 0.186. The first kappa shape index (κ1) is 12.5. The average Bonchev–Trinajstić information content (AvgIpc) is 2.79. The lowest BCUT2D eigenvalue weighted by atomic mass is 10.3. The molecule has 0 bridgehead atoms. The Bertz CT molecular complexity index is 321. The fourth-order valence-electron chi connectivity index (χ4n) is 1.94. The summed E-state index contributed by atoms with van der Waals surface area (Å²) in [5, 5.41) is 7.68. The van der Waals surface area contributed by atoms with Gasteiger partial charge >= 0.3 is 0 Å². The topological polar surface area (TPSA) is 48.3 Å². The van der Waals surface area contributed by atoms with Crippen molar-refractivity contribution >= 4 is 0 Å². The van der Waals surface area contributed by atoms with E-state index in [2.05, 4.69) is 23.4 Å². The molecule has 1 N–H and O–H groups in total. The molecular weight excluding hydrogens is 218 g/mol. The van der Waals surface area contributed by atoms with Crippen molar-refractivity contribution in [2.45, 2.75) is 32.5 Å². The van der Waals surface area contributed by atoms with Crippen LogP contribution in [0.2, 0.25) is 0 Å². The van der Waals surface area contributed by atoms with Gasteiger partial charge in [-0.15, -0.1) is 0 Å². The first-order chi connectivity index (χ1) is 8.40. The van der Waals surface area contributed by atoms with Crippen LogP contribution in [0.1, 0.15) is 19.0 Å². The van der Waals surface area contributed by atoms with Crippen LogP contribution in [0, 0.1) is 0 Å². The quantitative estimate of drug-likeness (QED) is 0.797. The molecule has 5 heteroatoms. The van der Waals surface area contributed by atoms with Gasteiger partial charge in [-0.2, -0.15) is 5.10 Å². The number of rotatable bonds is 6. The van der Waals surface area contributed by atoms with Crippen molar-refractivity contribution in [2.24, 2.45) is 0 Å². The molecule has 0 saturated carbocycles. The minimum atomic E-state index is 0.186. The number of nitrogens with zero attached hydrogens (tertiary/aromatic N) is 2. The van der Waals surface area contributed by atoms with Crippen molar-refractivity contribution in [2.75, 3.05) is 26.4 Å². The van der Waals surface area contributed by atoms with Crippen LogP contribution in [0.3, 0.4) is 0 Å². The number of hydrogen-bond donors (Lipinski definition) is 1. The van der Waals surface area contributed by atoms with Crippen molar-refractivity contribution in [3.63, 3.8) is 0 Å². The lowest BCUT2D eigenvalue weighted by Gasteiger charge is -2.23. The van der Waals surface area contributed by atoms with Crippen molar-refractivity contribution in [3.8, 4) is 0 Å². The van der Waals surface area contributed by atoms with E-state index in [0.717, 1.165) is 32.7 Å². The minimum Gasteiger partial charge on any atom is -0.376 e. The van der Waals surface area contributed by atoms with Crippen molar-refractivity contribution < 1.29 is 9.47 Å². The molecule has 0 spiro atoms. The summed E-state index contributed by atoms with van der Waals surface area (Å²) in [6.45, 7) is 6.93. The van der Waals surface area contributed by atoms with E-state index in [1.54, 1.807) is 0 Å². The fourth-order valence-corrected chi connectivity index (χ4v) is 1.94. The third kappa shape index (κ3) is 3.80. The Hall–Kier alpha value is -0.910. The lowest BCUT2D eigenvalue weighted by Crippen LogP contribution is -2.37. The standard InChI is InChI=1S/C12H21N3O2/c1-2-5-15-11(3-4-14-15)8-13-9-12-10-16-6-7-17-12/h3-4,12-13H,2,5-10H2,1H3. The van der Waals surface area contributed by atoms with Gasteiger partial charge in [-0.05, 0) is 12.5 Å². The summed E-state index contributed by atoms with van der Waals surface area (Å²) >= 11 is 0. The van der Waals surface area contributed by atoms with E-state index in [4.69, 9.17) is 9.47 Å². The molecule has 1 saturated heterocycles. The molecule has 0 amide bonds. The van der Waals surface area contributed by atoms with Crippen LogP contribution in [-0.2, 0) is 22.6 Å². The second-order valence-corrected chi connectivity index (χ2v) is 4.24. The molecule has 0 aromatic carbocycles. The Labute approximate surface area is 102 Å². The van der Waals surface area contributed by atoms with E-state index < -0.39 is 0 Å². The van der Waals surface area contributed by atoms with Gasteiger partial charge in [0.25, 0.3) is 0 Å². The first-order valence-corrected chi connectivity index (χ1v) is 6.31. The highest BCUT2D eigenvalue weighted by Crippen LogP contribution is 2.02. The molecular formula is C12H21N3O2. The second kappa shape index (κ2) is 6.74. The molecule has 1 aromatic rings. The molecule has 2 rings (SSSR count).